The van der Waals surface area contributed by atoms with Crippen LogP contribution < -0.4 is 0 Å². The van der Waals surface area contributed by atoms with Crippen LogP contribution in [0.4, 0.5) is 0 Å². The van der Waals surface area contributed by atoms with E-state index in [0.29, 0.717) is 24.4 Å². The summed E-state index contributed by atoms with van der Waals surface area (Å²) < 4.78 is 11.6. The quantitative estimate of drug-likeness (QED) is 0.750. The van der Waals surface area contributed by atoms with Crippen LogP contribution in [-0.4, -0.2) is 24.7 Å². The van der Waals surface area contributed by atoms with Gasteiger partial charge >= 0.3 is 0 Å². The van der Waals surface area contributed by atoms with Gasteiger partial charge in [-0.15, -0.1) is 0 Å². The molecule has 2 aliphatic rings. The molecule has 92 valence electrons. The molecule has 3 heteroatoms. The topological polar surface area (TPSA) is 42.3 Å². The van der Waals surface area contributed by atoms with Gasteiger partial charge < -0.3 is 14.9 Å². The number of hydrogen-bond acceptors (Lipinski definition) is 3. The lowest BCUT2D eigenvalue weighted by Gasteiger charge is -2.39. The molecule has 2 aliphatic heterocycles. The Morgan fingerprint density at radius 1 is 1.44 bits per heavy atom. The molecule has 3 nitrogen and oxygen atoms in total. The van der Waals surface area contributed by atoms with Gasteiger partial charge in [-0.1, -0.05) is 20.8 Å². The second-order valence-electron chi connectivity index (χ2n) is 5.46. The molecular weight excluding hydrogens is 202 g/mol. The molecule has 2 bridgehead atoms. The van der Waals surface area contributed by atoms with Gasteiger partial charge in [-0.2, -0.15) is 0 Å². The first kappa shape index (κ1) is 12.1. The first-order chi connectivity index (χ1) is 7.49. The Morgan fingerprint density at radius 2 is 2.06 bits per heavy atom. The molecular formula is C13H23NO2. The van der Waals surface area contributed by atoms with E-state index in [-0.39, 0.29) is 5.92 Å². The Morgan fingerprint density at radius 3 is 2.69 bits per heavy atom. The summed E-state index contributed by atoms with van der Waals surface area (Å²) >= 11 is 0. The molecule has 0 aromatic carbocycles. The highest BCUT2D eigenvalue weighted by Gasteiger charge is 2.53. The minimum atomic E-state index is -0.392. The van der Waals surface area contributed by atoms with E-state index in [1.807, 2.05) is 6.92 Å². The van der Waals surface area contributed by atoms with Crippen LogP contribution in [0.15, 0.2) is 0 Å². The van der Waals surface area contributed by atoms with Crippen molar-refractivity contribution in [1.82, 2.24) is 0 Å². The van der Waals surface area contributed by atoms with E-state index in [0.717, 1.165) is 18.7 Å². The van der Waals surface area contributed by atoms with Crippen molar-refractivity contribution in [2.24, 2.45) is 23.7 Å². The molecule has 0 aromatic rings. The van der Waals surface area contributed by atoms with Crippen LogP contribution in [0.1, 0.15) is 34.1 Å². The standard InChI is InChI=1S/C13H23NO2/c1-5-8(2)12(14)11-7-16-13(4)9(3)10(11)6-15-13/h8-11,14H,5-7H2,1-4H3/t8-,9-,10+,11+,13+/m1/s1. The lowest BCUT2D eigenvalue weighted by Crippen LogP contribution is -2.46. The smallest absolute Gasteiger partial charge is 0.168 e. The van der Waals surface area contributed by atoms with Gasteiger partial charge in [0.05, 0.1) is 13.2 Å². The van der Waals surface area contributed by atoms with Gasteiger partial charge in [-0.05, 0) is 19.3 Å². The Bertz CT molecular complexity index is 292. The van der Waals surface area contributed by atoms with Crippen LogP contribution in [0.3, 0.4) is 0 Å². The van der Waals surface area contributed by atoms with Gasteiger partial charge in [0.15, 0.2) is 5.79 Å². The second kappa shape index (κ2) is 4.11. The number of rotatable bonds is 3. The zero-order chi connectivity index (χ0) is 11.9. The van der Waals surface area contributed by atoms with E-state index in [9.17, 15) is 0 Å². The monoisotopic (exact) mass is 225 g/mol. The highest BCUT2D eigenvalue weighted by molar-refractivity contribution is 5.86. The first-order valence-electron chi connectivity index (χ1n) is 6.35. The number of ether oxygens (including phenoxy) is 2. The van der Waals surface area contributed by atoms with Crippen molar-refractivity contribution in [1.29, 1.82) is 5.41 Å². The minimum absolute atomic E-state index is 0.264. The van der Waals surface area contributed by atoms with Crippen LogP contribution in [0.5, 0.6) is 0 Å². The van der Waals surface area contributed by atoms with Crippen molar-refractivity contribution in [2.45, 2.75) is 39.9 Å². The molecule has 0 aromatic heterocycles. The summed E-state index contributed by atoms with van der Waals surface area (Å²) in [6, 6.07) is 0. The van der Waals surface area contributed by atoms with Crippen LogP contribution in [-0.2, 0) is 9.47 Å². The van der Waals surface area contributed by atoms with Crippen molar-refractivity contribution in [3.05, 3.63) is 0 Å². The Balaban J connectivity index is 2.12. The van der Waals surface area contributed by atoms with E-state index < -0.39 is 5.79 Å². The summed E-state index contributed by atoms with van der Waals surface area (Å²) in [5.41, 5.74) is 0.854. The fourth-order valence-electron chi connectivity index (χ4n) is 2.85. The first-order valence-corrected chi connectivity index (χ1v) is 6.35. The summed E-state index contributed by atoms with van der Waals surface area (Å²) in [7, 11) is 0. The maximum Gasteiger partial charge on any atom is 0.168 e. The van der Waals surface area contributed by atoms with E-state index in [2.05, 4.69) is 20.8 Å². The average Bonchev–Trinajstić information content (AvgIpc) is 2.49. The summed E-state index contributed by atoms with van der Waals surface area (Å²) in [5, 5.41) is 8.26. The van der Waals surface area contributed by atoms with E-state index in [1.54, 1.807) is 0 Å². The van der Waals surface area contributed by atoms with Crippen LogP contribution in [0.25, 0.3) is 0 Å². The Kier molecular flexibility index (Phi) is 3.10. The van der Waals surface area contributed by atoms with E-state index >= 15 is 0 Å². The second-order valence-corrected chi connectivity index (χ2v) is 5.46. The summed E-state index contributed by atoms with van der Waals surface area (Å²) in [5.74, 6) is 1.11. The lowest BCUT2D eigenvalue weighted by atomic mass is 9.74. The molecule has 2 saturated heterocycles. The molecule has 0 unspecified atom stereocenters. The highest BCUT2D eigenvalue weighted by Crippen LogP contribution is 2.46. The van der Waals surface area contributed by atoms with Gasteiger partial charge in [-0.25, -0.2) is 0 Å². The molecule has 5 atom stereocenters. The molecule has 0 amide bonds. The Labute approximate surface area is 98.0 Å². The van der Waals surface area contributed by atoms with Crippen molar-refractivity contribution in [3.8, 4) is 0 Å². The fourth-order valence-corrected chi connectivity index (χ4v) is 2.85. The third-order valence-corrected chi connectivity index (χ3v) is 4.64. The largest absolute Gasteiger partial charge is 0.350 e. The normalized spacial score (nSPS) is 44.4. The minimum Gasteiger partial charge on any atom is -0.350 e. The number of fused-ring (bicyclic) bond motifs is 2. The predicted octanol–water partition coefficient (Wildman–Crippen LogP) is 2.70. The number of hydrogen-bond donors (Lipinski definition) is 1. The average molecular weight is 225 g/mol. The highest BCUT2D eigenvalue weighted by atomic mass is 16.7. The molecule has 0 aliphatic carbocycles. The van der Waals surface area contributed by atoms with Crippen molar-refractivity contribution in [2.75, 3.05) is 13.2 Å². The molecule has 2 heterocycles. The molecule has 0 radical (unpaired) electrons. The molecule has 2 rings (SSSR count). The molecule has 2 fully saturated rings. The maximum absolute atomic E-state index is 8.26. The SMILES string of the molecule is CC[C@@H](C)C(=N)[C@H]1CO[C@]2(C)OC[C@H]1[C@H]2C. The molecule has 0 saturated carbocycles. The predicted molar refractivity (Wildman–Crippen MR) is 63.6 cm³/mol. The fraction of sp³-hybridized carbons (Fsp3) is 0.923. The van der Waals surface area contributed by atoms with Gasteiger partial charge in [0, 0.05) is 23.5 Å². The van der Waals surface area contributed by atoms with E-state index in [1.165, 1.54) is 0 Å². The Hall–Kier alpha value is -0.410. The third kappa shape index (κ3) is 1.70. The van der Waals surface area contributed by atoms with E-state index in [4.69, 9.17) is 14.9 Å². The third-order valence-electron chi connectivity index (χ3n) is 4.64. The molecule has 0 spiro atoms. The maximum atomic E-state index is 8.26. The number of nitrogens with one attached hydrogen (secondary N) is 1. The molecule has 1 N–H and O–H groups in total. The zero-order valence-corrected chi connectivity index (χ0v) is 10.7. The zero-order valence-electron chi connectivity index (χ0n) is 10.7. The van der Waals surface area contributed by atoms with Gasteiger partial charge in [-0.3, -0.25) is 0 Å². The molecule has 16 heavy (non-hydrogen) atoms. The van der Waals surface area contributed by atoms with Crippen molar-refractivity contribution in [3.63, 3.8) is 0 Å². The lowest BCUT2D eigenvalue weighted by molar-refractivity contribution is -0.228. The van der Waals surface area contributed by atoms with Crippen LogP contribution in [0, 0.1) is 29.1 Å². The van der Waals surface area contributed by atoms with Gasteiger partial charge in [0.1, 0.15) is 0 Å². The van der Waals surface area contributed by atoms with Crippen LogP contribution in [0.2, 0.25) is 0 Å². The summed E-state index contributed by atoms with van der Waals surface area (Å²) in [4.78, 5) is 0. The van der Waals surface area contributed by atoms with Crippen molar-refractivity contribution < 1.29 is 9.47 Å². The van der Waals surface area contributed by atoms with Gasteiger partial charge in [0.2, 0.25) is 0 Å². The summed E-state index contributed by atoms with van der Waals surface area (Å²) in [6.07, 6.45) is 1.04. The summed E-state index contributed by atoms with van der Waals surface area (Å²) in [6.45, 7) is 9.91. The van der Waals surface area contributed by atoms with Crippen molar-refractivity contribution >= 4 is 5.71 Å². The van der Waals surface area contributed by atoms with Gasteiger partial charge in [0.25, 0.3) is 0 Å². The van der Waals surface area contributed by atoms with Crippen LogP contribution >= 0.6 is 0 Å².